The first-order chi connectivity index (χ1) is 7.58. The maximum absolute atomic E-state index is 13.0. The Morgan fingerprint density at radius 1 is 1.31 bits per heavy atom. The van der Waals surface area contributed by atoms with E-state index in [1.165, 1.54) is 6.07 Å². The van der Waals surface area contributed by atoms with E-state index in [0.717, 1.165) is 8.45 Å². The largest absolute Gasteiger partial charge is 0.384 e. The molecule has 1 nitrogen and oxygen atoms in total. The molecule has 0 aliphatic heterocycles. The predicted molar refractivity (Wildman–Crippen MR) is 75.2 cm³/mol. The smallest absolute Gasteiger partial charge is 0.137 e. The van der Waals surface area contributed by atoms with Gasteiger partial charge in [0.25, 0.3) is 0 Å². The highest BCUT2D eigenvalue weighted by Crippen LogP contribution is 2.29. The lowest BCUT2D eigenvalue weighted by atomic mass is 10.0. The molecule has 1 atom stereocenters. The second-order valence-corrected chi connectivity index (χ2v) is 6.92. The van der Waals surface area contributed by atoms with Crippen molar-refractivity contribution in [3.05, 3.63) is 53.9 Å². The van der Waals surface area contributed by atoms with Gasteiger partial charge in [0.15, 0.2) is 0 Å². The first-order valence-corrected chi connectivity index (χ1v) is 7.20. The molecule has 5 heteroatoms. The average Bonchev–Trinajstić information content (AvgIpc) is 2.68. The van der Waals surface area contributed by atoms with Crippen LogP contribution in [0.3, 0.4) is 0 Å². The summed E-state index contributed by atoms with van der Waals surface area (Å²) in [4.78, 5) is 0. The minimum Gasteiger partial charge on any atom is -0.384 e. The number of rotatable bonds is 2. The van der Waals surface area contributed by atoms with Crippen LogP contribution in [0.25, 0.3) is 0 Å². The highest BCUT2D eigenvalue weighted by Gasteiger charge is 2.13. The molecular weight excluding hydrogens is 406 g/mol. The van der Waals surface area contributed by atoms with E-state index in [1.807, 2.05) is 11.4 Å². The van der Waals surface area contributed by atoms with Gasteiger partial charge in [0.05, 0.1) is 7.36 Å². The Hall–Kier alpha value is 0.0200. The van der Waals surface area contributed by atoms with E-state index in [1.54, 1.807) is 23.5 Å². The number of hydrogen-bond acceptors (Lipinski definition) is 2. The molecule has 84 valence electrons. The quantitative estimate of drug-likeness (QED) is 0.727. The minimum atomic E-state index is -0.698. The summed E-state index contributed by atoms with van der Waals surface area (Å²) in [6, 6.07) is 6.47. The van der Waals surface area contributed by atoms with Crippen LogP contribution in [0.1, 0.15) is 17.2 Å². The first kappa shape index (κ1) is 12.5. The van der Waals surface area contributed by atoms with Crippen LogP contribution in [0.15, 0.2) is 34.1 Å². The predicted octanol–water partition coefficient (Wildman–Crippen LogP) is 4.34. The van der Waals surface area contributed by atoms with Gasteiger partial charge in [0, 0.05) is 0 Å². The fourth-order valence-electron chi connectivity index (χ4n) is 1.34. The molecule has 2 aromatic rings. The second kappa shape index (κ2) is 5.12. The zero-order valence-corrected chi connectivity index (χ0v) is 12.5. The fraction of sp³-hybridized carbons (Fsp3) is 0.0909. The number of hydrogen-bond donors (Lipinski definition) is 1. The van der Waals surface area contributed by atoms with Crippen LogP contribution >= 0.6 is 49.9 Å². The van der Waals surface area contributed by atoms with Gasteiger partial charge < -0.3 is 5.11 Å². The minimum absolute atomic E-state index is 0.323. The maximum atomic E-state index is 13.0. The van der Waals surface area contributed by atoms with Crippen molar-refractivity contribution in [3.63, 3.8) is 0 Å². The molecule has 0 amide bonds. The zero-order valence-electron chi connectivity index (χ0n) is 7.95. The summed E-state index contributed by atoms with van der Waals surface area (Å²) < 4.78 is 14.5. The number of benzene rings is 1. The molecule has 1 aromatic carbocycles. The van der Waals surface area contributed by atoms with Gasteiger partial charge in [0.2, 0.25) is 0 Å². The fourth-order valence-corrected chi connectivity index (χ4v) is 3.13. The van der Waals surface area contributed by atoms with Crippen LogP contribution < -0.4 is 0 Å². The molecule has 1 unspecified atom stereocenters. The van der Waals surface area contributed by atoms with Crippen LogP contribution in [-0.4, -0.2) is 5.11 Å². The monoisotopic (exact) mass is 412 g/mol. The Morgan fingerprint density at radius 3 is 2.62 bits per heavy atom. The molecule has 1 heterocycles. The van der Waals surface area contributed by atoms with Crippen molar-refractivity contribution in [2.24, 2.45) is 0 Å². The molecular formula is C11H7BrFIOS. The number of halogens is 3. The molecule has 0 bridgehead atoms. The van der Waals surface area contributed by atoms with Gasteiger partial charge in [-0.1, -0.05) is 6.07 Å². The van der Waals surface area contributed by atoms with Gasteiger partial charge in [-0.3, -0.25) is 0 Å². The summed E-state index contributed by atoms with van der Waals surface area (Å²) in [5.74, 6) is -0.323. The standard InChI is InChI=1S/C11H7BrFIOS/c12-8-3-6(1-2-9(8)13)11(15)7-4-10(14)16-5-7/h1-5,11,15H. The highest BCUT2D eigenvalue weighted by atomic mass is 127. The summed E-state index contributed by atoms with van der Waals surface area (Å²) in [6.45, 7) is 0. The molecule has 2 rings (SSSR count). The molecule has 0 saturated carbocycles. The van der Waals surface area contributed by atoms with Gasteiger partial charge in [-0.05, 0) is 73.2 Å². The lowest BCUT2D eigenvalue weighted by Gasteiger charge is -2.09. The third-order valence-corrected chi connectivity index (χ3v) is 4.58. The molecule has 0 spiro atoms. The van der Waals surface area contributed by atoms with Gasteiger partial charge in [-0.15, -0.1) is 11.3 Å². The van der Waals surface area contributed by atoms with Crippen molar-refractivity contribution in [2.45, 2.75) is 6.10 Å². The number of thiophene rings is 1. The lowest BCUT2D eigenvalue weighted by molar-refractivity contribution is 0.220. The van der Waals surface area contributed by atoms with E-state index in [4.69, 9.17) is 0 Å². The van der Waals surface area contributed by atoms with E-state index in [-0.39, 0.29) is 5.82 Å². The maximum Gasteiger partial charge on any atom is 0.137 e. The summed E-state index contributed by atoms with van der Waals surface area (Å²) in [7, 11) is 0. The van der Waals surface area contributed by atoms with E-state index in [0.29, 0.717) is 10.0 Å². The second-order valence-electron chi connectivity index (χ2n) is 3.26. The van der Waals surface area contributed by atoms with E-state index >= 15 is 0 Å². The van der Waals surface area contributed by atoms with E-state index < -0.39 is 6.10 Å². The average molecular weight is 413 g/mol. The van der Waals surface area contributed by atoms with Gasteiger partial charge in [-0.2, -0.15) is 0 Å². The van der Waals surface area contributed by atoms with Gasteiger partial charge in [-0.25, -0.2) is 4.39 Å². The van der Waals surface area contributed by atoms with Crippen molar-refractivity contribution in [3.8, 4) is 0 Å². The number of aliphatic hydroxyl groups is 1. The molecule has 0 fully saturated rings. The third kappa shape index (κ3) is 2.64. The summed E-state index contributed by atoms with van der Waals surface area (Å²) in [5.41, 5.74) is 1.52. The van der Waals surface area contributed by atoms with Crippen LogP contribution in [0.4, 0.5) is 4.39 Å². The topological polar surface area (TPSA) is 20.2 Å². The number of aliphatic hydroxyl groups excluding tert-OH is 1. The molecule has 0 radical (unpaired) electrons. The first-order valence-electron chi connectivity index (χ1n) is 4.45. The molecule has 0 saturated heterocycles. The lowest BCUT2D eigenvalue weighted by Crippen LogP contribution is -1.98. The summed E-state index contributed by atoms with van der Waals surface area (Å²) in [5, 5.41) is 12.0. The third-order valence-electron chi connectivity index (χ3n) is 2.16. The summed E-state index contributed by atoms with van der Waals surface area (Å²) >= 11 is 6.89. The summed E-state index contributed by atoms with van der Waals surface area (Å²) in [6.07, 6.45) is -0.698. The van der Waals surface area contributed by atoms with Crippen molar-refractivity contribution in [1.29, 1.82) is 0 Å². The molecule has 0 aliphatic rings. The molecule has 1 aromatic heterocycles. The SMILES string of the molecule is OC(c1csc(I)c1)c1ccc(F)c(Br)c1. The Balaban J connectivity index is 2.33. The van der Waals surface area contributed by atoms with Crippen LogP contribution in [-0.2, 0) is 0 Å². The van der Waals surface area contributed by atoms with Crippen molar-refractivity contribution >= 4 is 49.9 Å². The van der Waals surface area contributed by atoms with Crippen LogP contribution in [0.2, 0.25) is 0 Å². The molecule has 0 aliphatic carbocycles. The van der Waals surface area contributed by atoms with Crippen LogP contribution in [0, 0.1) is 8.70 Å². The Morgan fingerprint density at radius 2 is 2.06 bits per heavy atom. The Labute approximate surface area is 119 Å². The van der Waals surface area contributed by atoms with Crippen molar-refractivity contribution in [2.75, 3.05) is 0 Å². The van der Waals surface area contributed by atoms with Gasteiger partial charge >= 0.3 is 0 Å². The Kier molecular flexibility index (Phi) is 3.99. The molecule has 1 N–H and O–H groups in total. The van der Waals surface area contributed by atoms with Crippen molar-refractivity contribution < 1.29 is 9.50 Å². The molecule has 16 heavy (non-hydrogen) atoms. The van der Waals surface area contributed by atoms with E-state index in [2.05, 4.69) is 38.5 Å². The van der Waals surface area contributed by atoms with E-state index in [9.17, 15) is 9.50 Å². The van der Waals surface area contributed by atoms with Gasteiger partial charge in [0.1, 0.15) is 11.9 Å². The van der Waals surface area contributed by atoms with Crippen LogP contribution in [0.5, 0.6) is 0 Å². The Bertz CT molecular complexity index is 514. The van der Waals surface area contributed by atoms with Crippen molar-refractivity contribution in [1.82, 2.24) is 0 Å². The zero-order chi connectivity index (χ0) is 11.7. The normalized spacial score (nSPS) is 12.8. The highest BCUT2D eigenvalue weighted by molar-refractivity contribution is 14.1.